The van der Waals surface area contributed by atoms with Crippen molar-refractivity contribution in [3.63, 3.8) is 0 Å². The predicted molar refractivity (Wildman–Crippen MR) is 98.5 cm³/mol. The number of piperidine rings is 1. The molecule has 0 N–H and O–H groups in total. The molecule has 4 rings (SSSR count). The lowest BCUT2D eigenvalue weighted by Crippen LogP contribution is -2.42. The summed E-state index contributed by atoms with van der Waals surface area (Å²) >= 11 is 0. The number of carbonyl (C=O) groups is 1. The Balaban J connectivity index is 1.30. The van der Waals surface area contributed by atoms with Crippen LogP contribution >= 0.6 is 0 Å². The normalized spacial score (nSPS) is 25.0. The molecule has 0 aromatic heterocycles. The first-order valence-corrected chi connectivity index (χ1v) is 9.43. The molecule has 1 unspecified atom stereocenters. The third kappa shape index (κ3) is 3.90. The number of ether oxygens (including phenoxy) is 1. The van der Waals surface area contributed by atoms with E-state index in [2.05, 4.69) is 0 Å². The Morgan fingerprint density at radius 3 is 2.65 bits per heavy atom. The summed E-state index contributed by atoms with van der Waals surface area (Å²) in [5, 5.41) is 0. The van der Waals surface area contributed by atoms with Gasteiger partial charge in [-0.25, -0.2) is 4.39 Å². The highest BCUT2D eigenvalue weighted by atomic mass is 19.1. The van der Waals surface area contributed by atoms with E-state index >= 15 is 0 Å². The Kier molecular flexibility index (Phi) is 4.91. The molecule has 2 aromatic rings. The largest absolute Gasteiger partial charge is 0.493 e. The molecule has 1 aliphatic carbocycles. The molecule has 2 aromatic carbocycles. The Morgan fingerprint density at radius 2 is 1.88 bits per heavy atom. The van der Waals surface area contributed by atoms with Gasteiger partial charge in [0.1, 0.15) is 11.6 Å². The van der Waals surface area contributed by atoms with Crippen molar-refractivity contribution in [1.82, 2.24) is 4.90 Å². The predicted octanol–water partition coefficient (Wildman–Crippen LogP) is 4.25. The zero-order valence-corrected chi connectivity index (χ0v) is 14.8. The highest BCUT2D eigenvalue weighted by molar-refractivity contribution is 5.83. The van der Waals surface area contributed by atoms with Crippen molar-refractivity contribution in [3.05, 3.63) is 66.0 Å². The molecule has 0 bridgehead atoms. The molecule has 1 amide bonds. The fourth-order valence-corrected chi connectivity index (χ4v) is 3.91. The Morgan fingerprint density at radius 1 is 1.12 bits per heavy atom. The Labute approximate surface area is 153 Å². The number of carbonyl (C=O) groups excluding carboxylic acids is 1. The summed E-state index contributed by atoms with van der Waals surface area (Å²) < 4.78 is 18.9. The second-order valence-corrected chi connectivity index (χ2v) is 7.42. The van der Waals surface area contributed by atoms with Crippen LogP contribution in [-0.4, -0.2) is 30.5 Å². The molecule has 2 fully saturated rings. The number of para-hydroxylation sites is 1. The minimum atomic E-state index is -0.227. The molecule has 0 radical (unpaired) electrons. The van der Waals surface area contributed by atoms with Crippen LogP contribution in [0.3, 0.4) is 0 Å². The molecule has 2 aliphatic rings. The minimum Gasteiger partial charge on any atom is -0.493 e. The van der Waals surface area contributed by atoms with Gasteiger partial charge in [-0.15, -0.1) is 0 Å². The number of likely N-dealkylation sites (tertiary alicyclic amines) is 1. The summed E-state index contributed by atoms with van der Waals surface area (Å²) in [6.45, 7) is 2.27. The van der Waals surface area contributed by atoms with Gasteiger partial charge in [-0.1, -0.05) is 30.3 Å². The molecule has 3 atom stereocenters. The topological polar surface area (TPSA) is 29.5 Å². The van der Waals surface area contributed by atoms with Crippen LogP contribution in [0.1, 0.15) is 30.7 Å². The number of halogens is 1. The SMILES string of the molecule is O=C([C@@H]1C[C@H]1c1ccc(F)cc1)N1CCCC(COc2ccccc2)C1. The molecule has 1 saturated heterocycles. The monoisotopic (exact) mass is 353 g/mol. The van der Waals surface area contributed by atoms with E-state index < -0.39 is 0 Å². The first-order chi connectivity index (χ1) is 12.7. The van der Waals surface area contributed by atoms with Crippen LogP contribution in [0.4, 0.5) is 4.39 Å². The maximum absolute atomic E-state index is 13.1. The summed E-state index contributed by atoms with van der Waals surface area (Å²) in [5.41, 5.74) is 1.07. The van der Waals surface area contributed by atoms with Crippen molar-refractivity contribution >= 4 is 5.91 Å². The first-order valence-electron chi connectivity index (χ1n) is 9.43. The van der Waals surface area contributed by atoms with E-state index in [1.807, 2.05) is 35.2 Å². The summed E-state index contributed by atoms with van der Waals surface area (Å²) in [4.78, 5) is 14.9. The zero-order chi connectivity index (χ0) is 17.9. The van der Waals surface area contributed by atoms with Crippen molar-refractivity contribution in [2.24, 2.45) is 11.8 Å². The summed E-state index contributed by atoms with van der Waals surface area (Å²) in [7, 11) is 0. The molecule has 3 nitrogen and oxygen atoms in total. The van der Waals surface area contributed by atoms with Gasteiger partial charge in [0, 0.05) is 24.9 Å². The van der Waals surface area contributed by atoms with E-state index in [9.17, 15) is 9.18 Å². The lowest BCUT2D eigenvalue weighted by Gasteiger charge is -2.33. The summed E-state index contributed by atoms with van der Waals surface area (Å²) in [6, 6.07) is 16.4. The van der Waals surface area contributed by atoms with Crippen molar-refractivity contribution in [3.8, 4) is 5.75 Å². The molecular weight excluding hydrogens is 329 g/mol. The van der Waals surface area contributed by atoms with Crippen molar-refractivity contribution in [1.29, 1.82) is 0 Å². The van der Waals surface area contributed by atoms with E-state index in [0.29, 0.717) is 12.5 Å². The average Bonchev–Trinajstić information content (AvgIpc) is 3.48. The van der Waals surface area contributed by atoms with Gasteiger partial charge in [0.05, 0.1) is 6.61 Å². The van der Waals surface area contributed by atoms with Gasteiger partial charge < -0.3 is 9.64 Å². The van der Waals surface area contributed by atoms with Gasteiger partial charge in [0.25, 0.3) is 0 Å². The van der Waals surface area contributed by atoms with Gasteiger partial charge in [0.15, 0.2) is 0 Å². The van der Waals surface area contributed by atoms with Crippen LogP contribution in [0.25, 0.3) is 0 Å². The van der Waals surface area contributed by atoms with Gasteiger partial charge in [-0.05, 0) is 55.0 Å². The van der Waals surface area contributed by atoms with Gasteiger partial charge in [0.2, 0.25) is 5.91 Å². The molecular formula is C22H24FNO2. The van der Waals surface area contributed by atoms with Crippen LogP contribution in [-0.2, 0) is 4.79 Å². The quantitative estimate of drug-likeness (QED) is 0.804. The lowest BCUT2D eigenvalue weighted by atomic mass is 9.98. The van der Waals surface area contributed by atoms with Crippen molar-refractivity contribution < 1.29 is 13.9 Å². The summed E-state index contributed by atoms with van der Waals surface area (Å²) in [5.74, 6) is 1.61. The number of hydrogen-bond acceptors (Lipinski definition) is 2. The van der Waals surface area contributed by atoms with Gasteiger partial charge >= 0.3 is 0 Å². The third-order valence-electron chi connectivity index (χ3n) is 5.47. The van der Waals surface area contributed by atoms with E-state index in [-0.39, 0.29) is 23.6 Å². The average molecular weight is 353 g/mol. The standard InChI is InChI=1S/C22H24FNO2/c23-18-10-8-17(9-11-18)20-13-21(20)22(25)24-12-4-5-16(14-24)15-26-19-6-2-1-3-7-19/h1-3,6-11,16,20-21H,4-5,12-15H2/t16?,20-,21+/m0/s1. The molecule has 1 heterocycles. The molecule has 136 valence electrons. The second kappa shape index (κ2) is 7.48. The Bertz CT molecular complexity index is 746. The second-order valence-electron chi connectivity index (χ2n) is 7.42. The molecule has 26 heavy (non-hydrogen) atoms. The van der Waals surface area contributed by atoms with Gasteiger partial charge in [-0.3, -0.25) is 4.79 Å². The van der Waals surface area contributed by atoms with Gasteiger partial charge in [-0.2, -0.15) is 0 Å². The smallest absolute Gasteiger partial charge is 0.226 e. The molecule has 4 heteroatoms. The highest BCUT2D eigenvalue weighted by Gasteiger charge is 2.46. The Hall–Kier alpha value is -2.36. The molecule has 1 saturated carbocycles. The van der Waals surface area contributed by atoms with E-state index in [1.165, 1.54) is 12.1 Å². The van der Waals surface area contributed by atoms with Crippen LogP contribution < -0.4 is 4.74 Å². The summed E-state index contributed by atoms with van der Waals surface area (Å²) in [6.07, 6.45) is 3.01. The van der Waals surface area contributed by atoms with E-state index in [4.69, 9.17) is 4.74 Å². The van der Waals surface area contributed by atoms with E-state index in [0.717, 1.165) is 43.7 Å². The van der Waals surface area contributed by atoms with Crippen LogP contribution in [0.2, 0.25) is 0 Å². The third-order valence-corrected chi connectivity index (χ3v) is 5.47. The number of rotatable bonds is 5. The fraction of sp³-hybridized carbons (Fsp3) is 0.409. The number of nitrogens with zero attached hydrogens (tertiary/aromatic N) is 1. The maximum atomic E-state index is 13.1. The van der Waals surface area contributed by atoms with Crippen LogP contribution in [0, 0.1) is 17.7 Å². The molecule has 0 spiro atoms. The number of benzene rings is 2. The zero-order valence-electron chi connectivity index (χ0n) is 14.8. The molecule has 1 aliphatic heterocycles. The number of hydrogen-bond donors (Lipinski definition) is 0. The van der Waals surface area contributed by atoms with E-state index in [1.54, 1.807) is 12.1 Å². The van der Waals surface area contributed by atoms with Crippen molar-refractivity contribution in [2.75, 3.05) is 19.7 Å². The lowest BCUT2D eigenvalue weighted by molar-refractivity contribution is -0.134. The fourth-order valence-electron chi connectivity index (χ4n) is 3.91. The van der Waals surface area contributed by atoms with Crippen LogP contribution in [0.15, 0.2) is 54.6 Å². The minimum absolute atomic E-state index is 0.0641. The highest BCUT2D eigenvalue weighted by Crippen LogP contribution is 2.48. The maximum Gasteiger partial charge on any atom is 0.226 e. The first kappa shape index (κ1) is 17.1. The number of amides is 1. The van der Waals surface area contributed by atoms with Crippen LogP contribution in [0.5, 0.6) is 5.75 Å². The van der Waals surface area contributed by atoms with Crippen molar-refractivity contribution in [2.45, 2.75) is 25.2 Å².